The van der Waals surface area contributed by atoms with Crippen molar-refractivity contribution in [1.29, 1.82) is 0 Å². The lowest BCUT2D eigenvalue weighted by Gasteiger charge is -2.05. The van der Waals surface area contributed by atoms with Crippen molar-refractivity contribution in [3.05, 3.63) is 17.6 Å². The molecule has 2 rings (SSSR count). The lowest BCUT2D eigenvalue weighted by molar-refractivity contribution is 0.181. The number of ether oxygens (including phenoxy) is 1. The second kappa shape index (κ2) is 3.89. The van der Waals surface area contributed by atoms with E-state index in [2.05, 4.69) is 15.4 Å². The van der Waals surface area contributed by atoms with Gasteiger partial charge in [-0.1, -0.05) is 0 Å². The van der Waals surface area contributed by atoms with Gasteiger partial charge in [-0.05, 0) is 12.8 Å². The summed E-state index contributed by atoms with van der Waals surface area (Å²) in [4.78, 5) is 8.69. The van der Waals surface area contributed by atoms with Crippen LogP contribution in [-0.2, 0) is 11.3 Å². The van der Waals surface area contributed by atoms with Gasteiger partial charge in [0, 0.05) is 19.1 Å². The molecule has 76 valence electrons. The molecule has 0 aromatic carbocycles. The van der Waals surface area contributed by atoms with Crippen molar-refractivity contribution in [3.63, 3.8) is 0 Å². The Morgan fingerprint density at radius 3 is 2.93 bits per heavy atom. The summed E-state index contributed by atoms with van der Waals surface area (Å²) in [5.41, 5.74) is 3.41. The van der Waals surface area contributed by atoms with Crippen molar-refractivity contribution in [3.8, 4) is 0 Å². The zero-order chi connectivity index (χ0) is 9.97. The number of anilines is 1. The predicted octanol–water partition coefficient (Wildman–Crippen LogP) is 0.786. The molecular weight excluding hydrogens is 180 g/mol. The topological polar surface area (TPSA) is 73.1 Å². The highest BCUT2D eigenvalue weighted by atomic mass is 16.5. The number of nitrogens with zero attached hydrogens (tertiary/aromatic N) is 2. The molecule has 1 aliphatic rings. The number of nitrogen functional groups attached to an aromatic ring is 1. The second-order valence-corrected chi connectivity index (χ2v) is 3.45. The van der Waals surface area contributed by atoms with E-state index in [1.165, 1.54) is 12.8 Å². The third-order valence-electron chi connectivity index (χ3n) is 2.18. The highest BCUT2D eigenvalue weighted by molar-refractivity contribution is 5.35. The number of methoxy groups -OCH3 is 1. The average molecular weight is 194 g/mol. The standard InChI is InChI=1S/C9H14N4O/c1-14-5-7-4-8(13-10)12-9(11-7)6-2-3-6/h4,6H,2-3,5,10H2,1H3,(H,11,12,13). The van der Waals surface area contributed by atoms with Crippen LogP contribution in [0.4, 0.5) is 5.82 Å². The van der Waals surface area contributed by atoms with Crippen molar-refractivity contribution in [2.45, 2.75) is 25.4 Å². The Bertz CT molecular complexity index is 325. The SMILES string of the molecule is COCc1cc(NN)nc(C2CC2)n1. The van der Waals surface area contributed by atoms with Crippen molar-refractivity contribution < 1.29 is 4.74 Å². The first-order valence-electron chi connectivity index (χ1n) is 4.67. The normalized spacial score (nSPS) is 15.6. The zero-order valence-electron chi connectivity index (χ0n) is 8.16. The minimum Gasteiger partial charge on any atom is -0.378 e. The van der Waals surface area contributed by atoms with E-state index in [-0.39, 0.29) is 0 Å². The Morgan fingerprint density at radius 2 is 2.36 bits per heavy atom. The fraction of sp³-hybridized carbons (Fsp3) is 0.556. The van der Waals surface area contributed by atoms with E-state index >= 15 is 0 Å². The number of hydrazine groups is 1. The maximum atomic E-state index is 5.32. The van der Waals surface area contributed by atoms with Crippen LogP contribution < -0.4 is 11.3 Å². The maximum absolute atomic E-state index is 5.32. The van der Waals surface area contributed by atoms with Crippen LogP contribution in [0, 0.1) is 0 Å². The Balaban J connectivity index is 2.26. The van der Waals surface area contributed by atoms with Gasteiger partial charge in [0.15, 0.2) is 0 Å². The van der Waals surface area contributed by atoms with Crippen molar-refractivity contribution in [1.82, 2.24) is 9.97 Å². The van der Waals surface area contributed by atoms with E-state index < -0.39 is 0 Å². The van der Waals surface area contributed by atoms with Crippen molar-refractivity contribution in [2.24, 2.45) is 5.84 Å². The van der Waals surface area contributed by atoms with E-state index in [9.17, 15) is 0 Å². The molecule has 1 aromatic rings. The fourth-order valence-electron chi connectivity index (χ4n) is 1.34. The number of hydrogen-bond acceptors (Lipinski definition) is 5. The lowest BCUT2D eigenvalue weighted by Crippen LogP contribution is -2.11. The number of nitrogens with two attached hydrogens (primary N) is 1. The molecule has 0 spiro atoms. The number of nitrogens with one attached hydrogen (secondary N) is 1. The molecule has 0 unspecified atom stereocenters. The van der Waals surface area contributed by atoms with Crippen LogP contribution in [0.3, 0.4) is 0 Å². The highest BCUT2D eigenvalue weighted by Gasteiger charge is 2.27. The summed E-state index contributed by atoms with van der Waals surface area (Å²) < 4.78 is 5.02. The molecule has 14 heavy (non-hydrogen) atoms. The van der Waals surface area contributed by atoms with Crippen LogP contribution in [0.15, 0.2) is 6.07 Å². The van der Waals surface area contributed by atoms with Gasteiger partial charge in [0.25, 0.3) is 0 Å². The minimum absolute atomic E-state index is 0.497. The van der Waals surface area contributed by atoms with Crippen molar-refractivity contribution >= 4 is 5.82 Å². The first-order chi connectivity index (χ1) is 6.83. The van der Waals surface area contributed by atoms with Gasteiger partial charge in [-0.15, -0.1) is 0 Å². The second-order valence-electron chi connectivity index (χ2n) is 3.45. The van der Waals surface area contributed by atoms with E-state index in [0.29, 0.717) is 18.3 Å². The Kier molecular flexibility index (Phi) is 2.60. The van der Waals surface area contributed by atoms with Crippen LogP contribution in [0.25, 0.3) is 0 Å². The molecule has 1 heterocycles. The van der Waals surface area contributed by atoms with Crippen LogP contribution in [0.5, 0.6) is 0 Å². The van der Waals surface area contributed by atoms with E-state index in [1.807, 2.05) is 0 Å². The Hall–Kier alpha value is -1.20. The van der Waals surface area contributed by atoms with Gasteiger partial charge < -0.3 is 10.2 Å². The molecular formula is C9H14N4O. The van der Waals surface area contributed by atoms with Gasteiger partial charge in [0.05, 0.1) is 12.3 Å². The molecule has 5 heteroatoms. The summed E-state index contributed by atoms with van der Waals surface area (Å²) >= 11 is 0. The number of hydrogen-bond donors (Lipinski definition) is 2. The fourth-order valence-corrected chi connectivity index (χ4v) is 1.34. The molecule has 0 saturated heterocycles. The molecule has 5 nitrogen and oxygen atoms in total. The van der Waals surface area contributed by atoms with Crippen molar-refractivity contribution in [2.75, 3.05) is 12.5 Å². The molecule has 0 bridgehead atoms. The summed E-state index contributed by atoms with van der Waals surface area (Å²) in [7, 11) is 1.65. The molecule has 1 saturated carbocycles. The first kappa shape index (κ1) is 9.36. The third kappa shape index (κ3) is 2.00. The van der Waals surface area contributed by atoms with Gasteiger partial charge in [-0.2, -0.15) is 0 Å². The van der Waals surface area contributed by atoms with Gasteiger partial charge >= 0.3 is 0 Å². The minimum atomic E-state index is 0.497. The number of rotatable bonds is 4. The summed E-state index contributed by atoms with van der Waals surface area (Å²) in [5, 5.41) is 0. The van der Waals surface area contributed by atoms with Gasteiger partial charge in [-0.3, -0.25) is 0 Å². The Morgan fingerprint density at radius 1 is 1.57 bits per heavy atom. The van der Waals surface area contributed by atoms with E-state index in [1.54, 1.807) is 13.2 Å². The predicted molar refractivity (Wildman–Crippen MR) is 52.5 cm³/mol. The molecule has 1 aliphatic carbocycles. The first-order valence-corrected chi connectivity index (χ1v) is 4.67. The lowest BCUT2D eigenvalue weighted by atomic mass is 10.3. The van der Waals surface area contributed by atoms with E-state index in [0.717, 1.165) is 11.5 Å². The molecule has 0 aliphatic heterocycles. The summed E-state index contributed by atoms with van der Waals surface area (Å²) in [6.07, 6.45) is 2.36. The molecule has 3 N–H and O–H groups in total. The maximum Gasteiger partial charge on any atom is 0.144 e. The molecule has 0 amide bonds. The van der Waals surface area contributed by atoms with Crippen LogP contribution in [-0.4, -0.2) is 17.1 Å². The van der Waals surface area contributed by atoms with Crippen LogP contribution >= 0.6 is 0 Å². The van der Waals surface area contributed by atoms with Crippen LogP contribution in [0.1, 0.15) is 30.3 Å². The molecule has 0 radical (unpaired) electrons. The zero-order valence-corrected chi connectivity index (χ0v) is 8.16. The van der Waals surface area contributed by atoms with Crippen LogP contribution in [0.2, 0.25) is 0 Å². The quantitative estimate of drug-likeness (QED) is 0.547. The molecule has 1 fully saturated rings. The average Bonchev–Trinajstić information content (AvgIpc) is 3.01. The van der Waals surface area contributed by atoms with Gasteiger partial charge in [0.1, 0.15) is 11.6 Å². The summed E-state index contributed by atoms with van der Waals surface area (Å²) in [5.74, 6) is 7.39. The summed E-state index contributed by atoms with van der Waals surface area (Å²) in [6.45, 7) is 0.497. The monoisotopic (exact) mass is 194 g/mol. The van der Waals surface area contributed by atoms with Gasteiger partial charge in [0.2, 0.25) is 0 Å². The smallest absolute Gasteiger partial charge is 0.144 e. The van der Waals surface area contributed by atoms with E-state index in [4.69, 9.17) is 10.6 Å². The number of aromatic nitrogens is 2. The summed E-state index contributed by atoms with van der Waals surface area (Å²) in [6, 6.07) is 1.80. The third-order valence-corrected chi connectivity index (χ3v) is 2.18. The van der Waals surface area contributed by atoms with Gasteiger partial charge in [-0.25, -0.2) is 15.8 Å². The molecule has 0 atom stereocenters. The Labute approximate surface area is 82.7 Å². The highest BCUT2D eigenvalue weighted by Crippen LogP contribution is 2.38. The largest absolute Gasteiger partial charge is 0.378 e. The molecule has 1 aromatic heterocycles.